The van der Waals surface area contributed by atoms with Crippen LogP contribution in [0.15, 0.2) is 65.8 Å². The number of likely N-dealkylation sites (tertiary alicyclic amines) is 1. The Morgan fingerprint density at radius 1 is 1.15 bits per heavy atom. The Morgan fingerprint density at radius 2 is 2.04 bits per heavy atom. The van der Waals surface area contributed by atoms with Crippen molar-refractivity contribution in [2.75, 3.05) is 19.6 Å². The molecule has 5 rings (SSSR count). The highest BCUT2D eigenvalue weighted by Crippen LogP contribution is 2.32. The number of H-pyrrole nitrogens is 1. The molecule has 4 aromatic rings. The van der Waals surface area contributed by atoms with Crippen LogP contribution in [0.25, 0.3) is 21.8 Å². The third-order valence-electron chi connectivity index (χ3n) is 5.61. The lowest BCUT2D eigenvalue weighted by Gasteiger charge is -2.38. The quantitative estimate of drug-likeness (QED) is 0.479. The molecular weight excluding hydrogens is 352 g/mol. The second kappa shape index (κ2) is 7.08. The fraction of sp³-hybridized carbons (Fsp3) is 0.273. The van der Waals surface area contributed by atoms with Gasteiger partial charge in [-0.2, -0.15) is 0 Å². The van der Waals surface area contributed by atoms with Crippen LogP contribution in [0.4, 0.5) is 0 Å². The molecule has 2 aromatic heterocycles. The summed E-state index contributed by atoms with van der Waals surface area (Å²) in [6.45, 7) is 3.31. The van der Waals surface area contributed by atoms with Gasteiger partial charge in [0.1, 0.15) is 0 Å². The van der Waals surface area contributed by atoms with Crippen molar-refractivity contribution in [2.24, 2.45) is 7.05 Å². The molecule has 1 saturated heterocycles. The smallest absolute Gasteiger partial charge is 0.0503 e. The third-order valence-corrected chi connectivity index (χ3v) is 6.41. The number of aromatic amines is 1. The van der Waals surface area contributed by atoms with Gasteiger partial charge >= 0.3 is 0 Å². The molecule has 1 aliphatic rings. The molecule has 0 spiro atoms. The Balaban J connectivity index is 1.36. The molecule has 4 nitrogen and oxygen atoms in total. The number of hydrogen-bond donors (Lipinski definition) is 2. The monoisotopic (exact) mass is 376 g/mol. The average Bonchev–Trinajstić information content (AvgIpc) is 3.24. The van der Waals surface area contributed by atoms with Crippen molar-refractivity contribution in [1.82, 2.24) is 19.2 Å². The fourth-order valence-corrected chi connectivity index (χ4v) is 4.74. The van der Waals surface area contributed by atoms with Gasteiger partial charge in [0.15, 0.2) is 0 Å². The van der Waals surface area contributed by atoms with E-state index in [1.165, 1.54) is 51.8 Å². The maximum absolute atomic E-state index is 3.63. The summed E-state index contributed by atoms with van der Waals surface area (Å²) in [5.74, 6) is 0. The predicted molar refractivity (Wildman–Crippen MR) is 114 cm³/mol. The molecule has 3 heterocycles. The van der Waals surface area contributed by atoms with Gasteiger partial charge in [0.05, 0.1) is 6.04 Å². The summed E-state index contributed by atoms with van der Waals surface area (Å²) in [5.41, 5.74) is 3.93. The van der Waals surface area contributed by atoms with Gasteiger partial charge in [-0.25, -0.2) is 0 Å². The average molecular weight is 377 g/mol. The van der Waals surface area contributed by atoms with Gasteiger partial charge in [-0.05, 0) is 53.6 Å². The van der Waals surface area contributed by atoms with Crippen molar-refractivity contribution in [3.05, 3.63) is 66.5 Å². The van der Waals surface area contributed by atoms with Crippen LogP contribution in [0.1, 0.15) is 18.0 Å². The molecule has 1 aliphatic heterocycles. The van der Waals surface area contributed by atoms with Gasteiger partial charge < -0.3 is 9.55 Å². The van der Waals surface area contributed by atoms with Gasteiger partial charge in [-0.1, -0.05) is 24.3 Å². The summed E-state index contributed by atoms with van der Waals surface area (Å²) >= 11 is 1.72. The van der Waals surface area contributed by atoms with Crippen molar-refractivity contribution in [2.45, 2.75) is 17.4 Å². The fourth-order valence-electron chi connectivity index (χ4n) is 4.02. The molecule has 0 bridgehead atoms. The van der Waals surface area contributed by atoms with E-state index in [0.29, 0.717) is 6.04 Å². The zero-order chi connectivity index (χ0) is 18.2. The van der Waals surface area contributed by atoms with E-state index in [2.05, 4.69) is 80.9 Å². The number of aryl methyl sites for hydroxylation is 1. The standard InChI is InChI=1S/C22H24N4S/c1-25-15-19(18-5-2-3-6-21(18)25)22(26-11-4-12-26)14-24-27-17-8-7-16-9-10-23-20(16)13-17/h2-3,5-10,13,15,22-24H,4,11-12,14H2,1H3. The Kier molecular flexibility index (Phi) is 4.44. The molecule has 2 aromatic carbocycles. The van der Waals surface area contributed by atoms with Crippen LogP contribution in [0, 0.1) is 0 Å². The minimum Gasteiger partial charge on any atom is -0.361 e. The predicted octanol–water partition coefficient (Wildman–Crippen LogP) is 4.70. The van der Waals surface area contributed by atoms with Crippen LogP contribution in [-0.4, -0.2) is 34.1 Å². The van der Waals surface area contributed by atoms with E-state index in [0.717, 1.165) is 6.54 Å². The molecular formula is C22H24N4S. The van der Waals surface area contributed by atoms with Gasteiger partial charge in [0.25, 0.3) is 0 Å². The van der Waals surface area contributed by atoms with E-state index < -0.39 is 0 Å². The minimum atomic E-state index is 0.409. The van der Waals surface area contributed by atoms with Crippen LogP contribution >= 0.6 is 11.9 Å². The largest absolute Gasteiger partial charge is 0.361 e. The van der Waals surface area contributed by atoms with Gasteiger partial charge in [0.2, 0.25) is 0 Å². The zero-order valence-electron chi connectivity index (χ0n) is 15.5. The van der Waals surface area contributed by atoms with Gasteiger partial charge in [0, 0.05) is 60.4 Å². The molecule has 0 saturated carbocycles. The number of para-hydroxylation sites is 1. The number of benzene rings is 2. The van der Waals surface area contributed by atoms with Crippen molar-refractivity contribution in [3.63, 3.8) is 0 Å². The lowest BCUT2D eigenvalue weighted by Crippen LogP contribution is -2.43. The van der Waals surface area contributed by atoms with E-state index in [-0.39, 0.29) is 0 Å². The first-order valence-electron chi connectivity index (χ1n) is 9.54. The molecule has 0 amide bonds. The molecule has 0 radical (unpaired) electrons. The van der Waals surface area contributed by atoms with Crippen LogP contribution in [0.5, 0.6) is 0 Å². The Bertz CT molecular complexity index is 1080. The van der Waals surface area contributed by atoms with Crippen LogP contribution in [-0.2, 0) is 7.05 Å². The molecule has 27 heavy (non-hydrogen) atoms. The lowest BCUT2D eigenvalue weighted by molar-refractivity contribution is 0.121. The number of nitrogens with one attached hydrogen (secondary N) is 2. The molecule has 1 fully saturated rings. The maximum Gasteiger partial charge on any atom is 0.0503 e. The molecule has 1 atom stereocenters. The lowest BCUT2D eigenvalue weighted by atomic mass is 10.0. The summed E-state index contributed by atoms with van der Waals surface area (Å²) in [7, 11) is 2.15. The second-order valence-corrected chi connectivity index (χ2v) is 8.26. The van der Waals surface area contributed by atoms with Gasteiger partial charge in [-0.15, -0.1) is 0 Å². The second-order valence-electron chi connectivity index (χ2n) is 7.30. The highest BCUT2D eigenvalue weighted by atomic mass is 32.2. The molecule has 2 N–H and O–H groups in total. The van der Waals surface area contributed by atoms with Crippen molar-refractivity contribution in [1.29, 1.82) is 0 Å². The zero-order valence-corrected chi connectivity index (χ0v) is 16.3. The van der Waals surface area contributed by atoms with E-state index in [9.17, 15) is 0 Å². The molecule has 0 aliphatic carbocycles. The number of aromatic nitrogens is 2. The SMILES string of the molecule is Cn1cc(C(CNSc2ccc3cc[nH]c3c2)N2CCC2)c2ccccc21. The maximum atomic E-state index is 3.63. The summed E-state index contributed by atoms with van der Waals surface area (Å²) in [4.78, 5) is 7.12. The van der Waals surface area contributed by atoms with Crippen molar-refractivity contribution in [3.8, 4) is 0 Å². The highest BCUT2D eigenvalue weighted by molar-refractivity contribution is 7.97. The summed E-state index contributed by atoms with van der Waals surface area (Å²) < 4.78 is 5.89. The Morgan fingerprint density at radius 3 is 2.89 bits per heavy atom. The third kappa shape index (κ3) is 3.16. The normalized spacial score (nSPS) is 16.0. The topological polar surface area (TPSA) is 36.0 Å². The first-order valence-corrected chi connectivity index (χ1v) is 10.4. The summed E-state index contributed by atoms with van der Waals surface area (Å²) in [6, 6.07) is 17.8. The molecule has 5 heteroatoms. The van der Waals surface area contributed by atoms with Crippen molar-refractivity contribution >= 4 is 33.8 Å². The minimum absolute atomic E-state index is 0.409. The van der Waals surface area contributed by atoms with Crippen LogP contribution in [0.2, 0.25) is 0 Å². The van der Waals surface area contributed by atoms with Crippen molar-refractivity contribution < 1.29 is 0 Å². The number of rotatable bonds is 6. The van der Waals surface area contributed by atoms with E-state index in [4.69, 9.17) is 0 Å². The molecule has 1 unspecified atom stereocenters. The Hall–Kier alpha value is -2.21. The molecule has 138 valence electrons. The number of hydrogen-bond acceptors (Lipinski definition) is 3. The van der Waals surface area contributed by atoms with E-state index >= 15 is 0 Å². The summed E-state index contributed by atoms with van der Waals surface area (Å²) in [6.07, 6.45) is 5.61. The van der Waals surface area contributed by atoms with Crippen LogP contribution in [0.3, 0.4) is 0 Å². The summed E-state index contributed by atoms with van der Waals surface area (Å²) in [5, 5.41) is 2.63. The van der Waals surface area contributed by atoms with E-state index in [1.54, 1.807) is 11.9 Å². The van der Waals surface area contributed by atoms with Crippen LogP contribution < -0.4 is 4.72 Å². The van der Waals surface area contributed by atoms with E-state index in [1.807, 2.05) is 6.20 Å². The first-order chi connectivity index (χ1) is 13.3. The Labute approximate surface area is 163 Å². The van der Waals surface area contributed by atoms with Gasteiger partial charge in [-0.3, -0.25) is 9.62 Å². The first kappa shape index (κ1) is 16.9. The number of fused-ring (bicyclic) bond motifs is 2. The highest BCUT2D eigenvalue weighted by Gasteiger charge is 2.27. The number of nitrogens with zero attached hydrogens (tertiary/aromatic N) is 2.